The summed E-state index contributed by atoms with van der Waals surface area (Å²) in [6.07, 6.45) is 4.39. The van der Waals surface area contributed by atoms with Gasteiger partial charge in [-0.2, -0.15) is 0 Å². The molecule has 4 heteroatoms. The van der Waals surface area contributed by atoms with Gasteiger partial charge in [0.15, 0.2) is 5.78 Å². The molecule has 20 heavy (non-hydrogen) atoms. The number of Topliss-reactive ketones (excluding diaryl/α,β-unsaturated/α-hetero) is 1. The fourth-order valence-corrected chi connectivity index (χ4v) is 1.63. The van der Waals surface area contributed by atoms with Crippen molar-refractivity contribution in [3.63, 3.8) is 0 Å². The van der Waals surface area contributed by atoms with Crippen molar-refractivity contribution < 1.29 is 14.3 Å². The van der Waals surface area contributed by atoms with Crippen LogP contribution in [-0.4, -0.2) is 24.5 Å². The highest BCUT2D eigenvalue weighted by Gasteiger charge is 2.22. The van der Waals surface area contributed by atoms with E-state index < -0.39 is 11.5 Å². The van der Waals surface area contributed by atoms with E-state index in [1.807, 2.05) is 20.8 Å². The van der Waals surface area contributed by atoms with Gasteiger partial charge in [0.25, 0.3) is 0 Å². The predicted octanol–water partition coefficient (Wildman–Crippen LogP) is 4.32. The number of ketones is 1. The van der Waals surface area contributed by atoms with Crippen LogP contribution in [0.25, 0.3) is 0 Å². The van der Waals surface area contributed by atoms with Crippen molar-refractivity contribution in [3.05, 3.63) is 0 Å². The number of carbonyl (C=O) groups is 2. The van der Waals surface area contributed by atoms with Crippen molar-refractivity contribution in [3.8, 4) is 0 Å². The van der Waals surface area contributed by atoms with Crippen LogP contribution in [0.5, 0.6) is 0 Å². The van der Waals surface area contributed by atoms with E-state index >= 15 is 0 Å². The second-order valence-electron chi connectivity index (χ2n) is 5.98. The SMILES string of the molecule is C.CCCCC(CCC)OC(=O)NCC(=O)C(C)(C)C. The van der Waals surface area contributed by atoms with Gasteiger partial charge in [0.1, 0.15) is 6.10 Å². The molecular weight excluding hydrogens is 254 g/mol. The molecule has 0 saturated heterocycles. The molecule has 0 spiro atoms. The van der Waals surface area contributed by atoms with E-state index in [2.05, 4.69) is 19.2 Å². The number of hydrogen-bond donors (Lipinski definition) is 1. The summed E-state index contributed by atoms with van der Waals surface area (Å²) in [4.78, 5) is 23.3. The first-order valence-electron chi connectivity index (χ1n) is 7.29. The van der Waals surface area contributed by atoms with Gasteiger partial charge < -0.3 is 10.1 Å². The number of carbonyl (C=O) groups excluding carboxylic acids is 2. The van der Waals surface area contributed by atoms with Crippen molar-refractivity contribution >= 4 is 11.9 Å². The van der Waals surface area contributed by atoms with Crippen molar-refractivity contribution in [2.45, 2.75) is 80.3 Å². The second kappa shape index (κ2) is 10.7. The summed E-state index contributed by atoms with van der Waals surface area (Å²) in [7, 11) is 0. The van der Waals surface area contributed by atoms with Gasteiger partial charge in [-0.25, -0.2) is 4.79 Å². The van der Waals surface area contributed by atoms with Gasteiger partial charge in [0, 0.05) is 5.41 Å². The van der Waals surface area contributed by atoms with Crippen LogP contribution in [0.3, 0.4) is 0 Å². The summed E-state index contributed by atoms with van der Waals surface area (Å²) in [5.74, 6) is 0.00468. The van der Waals surface area contributed by atoms with Gasteiger partial charge >= 0.3 is 6.09 Å². The van der Waals surface area contributed by atoms with E-state index in [0.717, 1.165) is 32.1 Å². The third kappa shape index (κ3) is 9.82. The highest BCUT2D eigenvalue weighted by atomic mass is 16.6. The van der Waals surface area contributed by atoms with Crippen LogP contribution in [0.1, 0.15) is 74.1 Å². The Morgan fingerprint density at radius 2 is 1.70 bits per heavy atom. The Bertz CT molecular complexity index is 282. The molecule has 0 rings (SSSR count). The third-order valence-corrected chi connectivity index (χ3v) is 2.99. The summed E-state index contributed by atoms with van der Waals surface area (Å²) >= 11 is 0. The lowest BCUT2D eigenvalue weighted by Gasteiger charge is -2.19. The average molecular weight is 287 g/mol. The molecule has 120 valence electrons. The molecule has 1 amide bonds. The Morgan fingerprint density at radius 1 is 1.10 bits per heavy atom. The van der Waals surface area contributed by atoms with E-state index in [-0.39, 0.29) is 25.9 Å². The largest absolute Gasteiger partial charge is 0.446 e. The molecular formula is C16H33NO3. The first kappa shape index (κ1) is 21.2. The molecule has 0 saturated carbocycles. The zero-order valence-corrected chi connectivity index (χ0v) is 13.0. The number of amides is 1. The third-order valence-electron chi connectivity index (χ3n) is 2.99. The number of nitrogens with one attached hydrogen (secondary N) is 1. The molecule has 0 radical (unpaired) electrons. The van der Waals surface area contributed by atoms with Gasteiger partial charge in [-0.1, -0.05) is 61.3 Å². The molecule has 4 nitrogen and oxygen atoms in total. The molecule has 0 aliphatic heterocycles. The summed E-state index contributed by atoms with van der Waals surface area (Å²) < 4.78 is 5.35. The summed E-state index contributed by atoms with van der Waals surface area (Å²) in [6.45, 7) is 9.74. The van der Waals surface area contributed by atoms with Crippen LogP contribution in [-0.2, 0) is 9.53 Å². The Labute approximate surface area is 124 Å². The maximum absolute atomic E-state index is 11.7. The van der Waals surface area contributed by atoms with Crippen molar-refractivity contribution in [2.24, 2.45) is 5.41 Å². The van der Waals surface area contributed by atoms with E-state index in [1.54, 1.807) is 0 Å². The Morgan fingerprint density at radius 3 is 2.15 bits per heavy atom. The first-order chi connectivity index (χ1) is 8.81. The lowest BCUT2D eigenvalue weighted by molar-refractivity contribution is -0.125. The van der Waals surface area contributed by atoms with Gasteiger partial charge in [0.05, 0.1) is 6.54 Å². The molecule has 1 atom stereocenters. The van der Waals surface area contributed by atoms with Gasteiger partial charge in [0.2, 0.25) is 0 Å². The van der Waals surface area contributed by atoms with Crippen molar-refractivity contribution in [1.29, 1.82) is 0 Å². The van der Waals surface area contributed by atoms with Crippen LogP contribution in [0.4, 0.5) is 4.79 Å². The minimum atomic E-state index is -0.479. The molecule has 1 unspecified atom stereocenters. The minimum Gasteiger partial charge on any atom is -0.446 e. The number of hydrogen-bond acceptors (Lipinski definition) is 3. The molecule has 0 fully saturated rings. The normalized spacial score (nSPS) is 12.2. The number of alkyl carbamates (subject to hydrolysis) is 1. The monoisotopic (exact) mass is 287 g/mol. The quantitative estimate of drug-likeness (QED) is 0.723. The highest BCUT2D eigenvalue weighted by molar-refractivity contribution is 5.88. The summed E-state index contributed by atoms with van der Waals surface area (Å²) in [5.41, 5.74) is -0.432. The number of ether oxygens (including phenoxy) is 1. The fourth-order valence-electron chi connectivity index (χ4n) is 1.63. The number of unbranched alkanes of at least 4 members (excludes halogenated alkanes) is 1. The van der Waals surface area contributed by atoms with Gasteiger partial charge in [-0.15, -0.1) is 0 Å². The van der Waals surface area contributed by atoms with Gasteiger partial charge in [-0.05, 0) is 12.8 Å². The molecule has 0 aliphatic rings. The Balaban J connectivity index is 0. The Kier molecular flexibility index (Phi) is 11.4. The van der Waals surface area contributed by atoms with Crippen LogP contribution < -0.4 is 5.32 Å². The average Bonchev–Trinajstić information content (AvgIpc) is 2.32. The van der Waals surface area contributed by atoms with Crippen LogP contribution in [0, 0.1) is 5.41 Å². The highest BCUT2D eigenvalue weighted by Crippen LogP contribution is 2.14. The van der Waals surface area contributed by atoms with E-state index in [0.29, 0.717) is 0 Å². The summed E-state index contributed by atoms with van der Waals surface area (Å²) in [6, 6.07) is 0. The number of rotatable bonds is 8. The van der Waals surface area contributed by atoms with Crippen LogP contribution >= 0.6 is 0 Å². The van der Waals surface area contributed by atoms with E-state index in [1.165, 1.54) is 0 Å². The zero-order chi connectivity index (χ0) is 14.9. The predicted molar refractivity (Wildman–Crippen MR) is 83.9 cm³/mol. The fraction of sp³-hybridized carbons (Fsp3) is 0.875. The maximum atomic E-state index is 11.7. The molecule has 0 aromatic rings. The molecule has 0 aromatic carbocycles. The lowest BCUT2D eigenvalue weighted by atomic mass is 9.91. The standard InChI is InChI=1S/C15H29NO3.CH4/c1-6-8-10-12(9-7-2)19-14(18)16-11-13(17)15(3,4)5;/h12H,6-11H2,1-5H3,(H,16,18);1H4. The minimum absolute atomic E-state index is 0. The molecule has 0 aromatic heterocycles. The molecule has 1 N–H and O–H groups in total. The smallest absolute Gasteiger partial charge is 0.407 e. The zero-order valence-electron chi connectivity index (χ0n) is 13.0. The van der Waals surface area contributed by atoms with E-state index in [4.69, 9.17) is 4.74 Å². The van der Waals surface area contributed by atoms with Gasteiger partial charge in [-0.3, -0.25) is 4.79 Å². The molecule has 0 aliphatic carbocycles. The van der Waals surface area contributed by atoms with Crippen LogP contribution in [0.15, 0.2) is 0 Å². The first-order valence-corrected chi connectivity index (χ1v) is 7.29. The molecule has 0 heterocycles. The van der Waals surface area contributed by atoms with Crippen molar-refractivity contribution in [2.75, 3.05) is 6.54 Å². The second-order valence-corrected chi connectivity index (χ2v) is 5.98. The lowest BCUT2D eigenvalue weighted by Crippen LogP contribution is -2.37. The summed E-state index contributed by atoms with van der Waals surface area (Å²) in [5, 5.41) is 2.54. The van der Waals surface area contributed by atoms with E-state index in [9.17, 15) is 9.59 Å². The topological polar surface area (TPSA) is 55.4 Å². The van der Waals surface area contributed by atoms with Crippen LogP contribution in [0.2, 0.25) is 0 Å². The van der Waals surface area contributed by atoms with Crippen molar-refractivity contribution in [1.82, 2.24) is 5.32 Å². The molecule has 0 bridgehead atoms. The maximum Gasteiger partial charge on any atom is 0.407 e. The Hall–Kier alpha value is -1.06.